The highest BCUT2D eigenvalue weighted by molar-refractivity contribution is 6.64. The number of hydrogen-bond donors (Lipinski definition) is 0. The average Bonchev–Trinajstić information content (AvgIpc) is 2.11. The van der Waals surface area contributed by atoms with Crippen molar-refractivity contribution in [1.29, 1.82) is 0 Å². The maximum atomic E-state index is 6.12. The van der Waals surface area contributed by atoms with Crippen LogP contribution in [0.1, 0.15) is 41.0 Å². The van der Waals surface area contributed by atoms with E-state index in [-0.39, 0.29) is 0 Å². The third kappa shape index (κ3) is 7.09. The monoisotopic (exact) mass is 232 g/mol. The van der Waals surface area contributed by atoms with Gasteiger partial charge in [0, 0.05) is 12.7 Å². The highest BCUT2D eigenvalue weighted by atomic mass is 28.4. The van der Waals surface area contributed by atoms with Gasteiger partial charge >= 0.3 is 8.56 Å². The minimum Gasteiger partial charge on any atom is -0.394 e. The van der Waals surface area contributed by atoms with Crippen LogP contribution in [-0.2, 0) is 8.85 Å². The van der Waals surface area contributed by atoms with E-state index in [0.717, 1.165) is 13.0 Å². The zero-order valence-electron chi connectivity index (χ0n) is 11.5. The van der Waals surface area contributed by atoms with Gasteiger partial charge in [-0.25, -0.2) is 0 Å². The summed E-state index contributed by atoms with van der Waals surface area (Å²) in [7, 11) is -1.91. The molecule has 0 fully saturated rings. The quantitative estimate of drug-likeness (QED) is 0.621. The van der Waals surface area contributed by atoms with Crippen LogP contribution in [0.3, 0.4) is 0 Å². The van der Waals surface area contributed by atoms with Gasteiger partial charge in [0.05, 0.1) is 0 Å². The Kier molecular flexibility index (Phi) is 6.72. The molecule has 2 nitrogen and oxygen atoms in total. The van der Waals surface area contributed by atoms with Crippen molar-refractivity contribution in [2.45, 2.75) is 60.2 Å². The SMILES string of the molecule is CCC(O[Si](C)(C)OCC(C)C)C(C)C. The van der Waals surface area contributed by atoms with Gasteiger partial charge in [-0.1, -0.05) is 34.6 Å². The van der Waals surface area contributed by atoms with Gasteiger partial charge < -0.3 is 8.85 Å². The van der Waals surface area contributed by atoms with Crippen LogP contribution in [0.4, 0.5) is 0 Å². The average molecular weight is 232 g/mol. The summed E-state index contributed by atoms with van der Waals surface area (Å²) in [4.78, 5) is 0. The standard InChI is InChI=1S/C12H28O2Si/c1-8-12(11(4)5)14-15(6,7)13-9-10(2)3/h10-12H,8-9H2,1-7H3. The van der Waals surface area contributed by atoms with Crippen molar-refractivity contribution in [3.63, 3.8) is 0 Å². The topological polar surface area (TPSA) is 18.5 Å². The number of rotatable bonds is 7. The second-order valence-corrected chi connectivity index (χ2v) is 8.74. The van der Waals surface area contributed by atoms with Crippen LogP contribution < -0.4 is 0 Å². The summed E-state index contributed by atoms with van der Waals surface area (Å²) in [5.74, 6) is 1.16. The Balaban J connectivity index is 4.09. The van der Waals surface area contributed by atoms with Crippen LogP contribution in [0.15, 0.2) is 0 Å². The smallest absolute Gasteiger partial charge is 0.331 e. The Morgan fingerprint density at radius 2 is 1.60 bits per heavy atom. The highest BCUT2D eigenvalue weighted by Crippen LogP contribution is 2.18. The van der Waals surface area contributed by atoms with Gasteiger partial charge in [0.2, 0.25) is 0 Å². The van der Waals surface area contributed by atoms with Crippen molar-refractivity contribution in [2.24, 2.45) is 11.8 Å². The van der Waals surface area contributed by atoms with Gasteiger partial charge in [-0.05, 0) is 31.4 Å². The molecular formula is C12H28O2Si. The second kappa shape index (κ2) is 6.66. The lowest BCUT2D eigenvalue weighted by Crippen LogP contribution is -2.41. The summed E-state index contributed by atoms with van der Waals surface area (Å²) < 4.78 is 12.0. The minimum absolute atomic E-state index is 0.346. The Hall–Kier alpha value is 0.137. The van der Waals surface area contributed by atoms with E-state index in [1.54, 1.807) is 0 Å². The predicted octanol–water partition coefficient (Wildman–Crippen LogP) is 3.81. The first kappa shape index (κ1) is 15.1. The molecule has 0 saturated heterocycles. The minimum atomic E-state index is -1.91. The first-order valence-corrected chi connectivity index (χ1v) is 8.92. The van der Waals surface area contributed by atoms with Crippen LogP contribution in [0.25, 0.3) is 0 Å². The largest absolute Gasteiger partial charge is 0.394 e. The van der Waals surface area contributed by atoms with Gasteiger partial charge in [-0.2, -0.15) is 0 Å². The second-order valence-electron chi connectivity index (χ2n) is 5.41. The van der Waals surface area contributed by atoms with E-state index in [4.69, 9.17) is 8.85 Å². The molecule has 15 heavy (non-hydrogen) atoms. The van der Waals surface area contributed by atoms with Crippen molar-refractivity contribution in [1.82, 2.24) is 0 Å². The molecule has 0 heterocycles. The van der Waals surface area contributed by atoms with Crippen LogP contribution >= 0.6 is 0 Å². The van der Waals surface area contributed by atoms with E-state index in [2.05, 4.69) is 47.7 Å². The van der Waals surface area contributed by atoms with Crippen LogP contribution in [0, 0.1) is 11.8 Å². The summed E-state index contributed by atoms with van der Waals surface area (Å²) >= 11 is 0. The van der Waals surface area contributed by atoms with Crippen molar-refractivity contribution in [2.75, 3.05) is 6.61 Å². The van der Waals surface area contributed by atoms with E-state index in [1.807, 2.05) is 0 Å². The third-order valence-electron chi connectivity index (χ3n) is 2.35. The molecule has 3 heteroatoms. The molecule has 0 bridgehead atoms. The maximum Gasteiger partial charge on any atom is 0.331 e. The fourth-order valence-electron chi connectivity index (χ4n) is 1.46. The van der Waals surface area contributed by atoms with E-state index in [9.17, 15) is 0 Å². The Morgan fingerprint density at radius 1 is 1.07 bits per heavy atom. The zero-order valence-corrected chi connectivity index (χ0v) is 12.5. The van der Waals surface area contributed by atoms with E-state index < -0.39 is 8.56 Å². The summed E-state index contributed by atoms with van der Waals surface area (Å²) in [6.07, 6.45) is 1.41. The lowest BCUT2D eigenvalue weighted by Gasteiger charge is -2.31. The summed E-state index contributed by atoms with van der Waals surface area (Å²) in [6.45, 7) is 16.0. The van der Waals surface area contributed by atoms with Crippen molar-refractivity contribution in [3.05, 3.63) is 0 Å². The molecular weight excluding hydrogens is 204 g/mol. The summed E-state index contributed by atoms with van der Waals surface area (Å²) in [5.41, 5.74) is 0. The molecule has 0 spiro atoms. The van der Waals surface area contributed by atoms with E-state index in [0.29, 0.717) is 17.9 Å². The van der Waals surface area contributed by atoms with Crippen LogP contribution in [0.2, 0.25) is 13.1 Å². The van der Waals surface area contributed by atoms with Gasteiger partial charge in [0.1, 0.15) is 0 Å². The molecule has 1 unspecified atom stereocenters. The normalized spacial score (nSPS) is 15.0. The lowest BCUT2D eigenvalue weighted by atomic mass is 10.1. The van der Waals surface area contributed by atoms with Crippen molar-refractivity contribution < 1.29 is 8.85 Å². The molecule has 0 radical (unpaired) electrons. The fourth-order valence-corrected chi connectivity index (χ4v) is 3.43. The molecule has 0 rings (SSSR count). The molecule has 0 amide bonds. The highest BCUT2D eigenvalue weighted by Gasteiger charge is 2.29. The van der Waals surface area contributed by atoms with Crippen molar-refractivity contribution in [3.8, 4) is 0 Å². The molecule has 0 aliphatic heterocycles. The van der Waals surface area contributed by atoms with Gasteiger partial charge in [-0.3, -0.25) is 0 Å². The fraction of sp³-hybridized carbons (Fsp3) is 1.00. The van der Waals surface area contributed by atoms with Gasteiger partial charge in [0.15, 0.2) is 0 Å². The predicted molar refractivity (Wildman–Crippen MR) is 68.3 cm³/mol. The van der Waals surface area contributed by atoms with Crippen LogP contribution in [-0.4, -0.2) is 21.3 Å². The molecule has 0 N–H and O–H groups in total. The van der Waals surface area contributed by atoms with Crippen molar-refractivity contribution >= 4 is 8.56 Å². The van der Waals surface area contributed by atoms with Crippen LogP contribution in [0.5, 0.6) is 0 Å². The van der Waals surface area contributed by atoms with Gasteiger partial charge in [-0.15, -0.1) is 0 Å². The molecule has 0 aromatic heterocycles. The maximum absolute atomic E-state index is 6.12. The number of hydrogen-bond acceptors (Lipinski definition) is 2. The Bertz CT molecular complexity index is 167. The summed E-state index contributed by atoms with van der Waals surface area (Å²) in [5, 5.41) is 0. The van der Waals surface area contributed by atoms with E-state index >= 15 is 0 Å². The Morgan fingerprint density at radius 3 is 1.93 bits per heavy atom. The first-order chi connectivity index (χ1) is 6.78. The summed E-state index contributed by atoms with van der Waals surface area (Å²) in [6, 6.07) is 0. The van der Waals surface area contributed by atoms with Gasteiger partial charge in [0.25, 0.3) is 0 Å². The lowest BCUT2D eigenvalue weighted by molar-refractivity contribution is 0.0805. The van der Waals surface area contributed by atoms with E-state index in [1.165, 1.54) is 0 Å². The molecule has 0 saturated carbocycles. The third-order valence-corrected chi connectivity index (χ3v) is 4.08. The first-order valence-electron chi connectivity index (χ1n) is 6.10. The molecule has 0 aliphatic carbocycles. The molecule has 0 aromatic carbocycles. The molecule has 0 aliphatic rings. The molecule has 92 valence electrons. The molecule has 0 aromatic rings. The Labute approximate surface area is 96.6 Å². The zero-order chi connectivity index (χ0) is 12.1. The molecule has 1 atom stereocenters.